The van der Waals surface area contributed by atoms with Crippen LogP contribution in [-0.2, 0) is 15.7 Å². The molecule has 138 valence electrons. The van der Waals surface area contributed by atoms with E-state index >= 15 is 0 Å². The van der Waals surface area contributed by atoms with Crippen LogP contribution in [0.2, 0.25) is 0 Å². The molecule has 0 saturated carbocycles. The zero-order valence-corrected chi connectivity index (χ0v) is 13.3. The molecule has 1 heterocycles. The molecule has 0 amide bonds. The van der Waals surface area contributed by atoms with Gasteiger partial charge in [-0.05, 0) is 5.56 Å². The Morgan fingerprint density at radius 1 is 1.04 bits per heavy atom. The van der Waals surface area contributed by atoms with Gasteiger partial charge >= 0.3 is 7.82 Å². The third kappa shape index (κ3) is 6.19. The summed E-state index contributed by atoms with van der Waals surface area (Å²) in [5, 5.41) is 48.6. The van der Waals surface area contributed by atoms with Crippen LogP contribution >= 0.6 is 7.82 Å². The van der Waals surface area contributed by atoms with Crippen molar-refractivity contribution in [2.24, 2.45) is 0 Å². The predicted octanol–water partition coefficient (Wildman–Crippen LogP) is -2.54. The van der Waals surface area contributed by atoms with E-state index in [0.717, 1.165) is 0 Å². The quantitative estimate of drug-likeness (QED) is 0.264. The van der Waals surface area contributed by atoms with Crippen LogP contribution in [0.4, 0.5) is 0 Å². The molecule has 1 saturated heterocycles. The van der Waals surface area contributed by atoms with Gasteiger partial charge in [0.1, 0.15) is 24.4 Å². The summed E-state index contributed by atoms with van der Waals surface area (Å²) in [5.74, 6) is -2.05. The Labute approximate surface area is 137 Å². The monoisotopic (exact) mass is 368 g/mol. The lowest BCUT2D eigenvalue weighted by molar-refractivity contribution is -0.348. The average Bonchev–Trinajstić information content (AvgIpc) is 2.48. The third-order valence-electron chi connectivity index (χ3n) is 3.35. The number of aliphatic hydroxyl groups excluding tert-OH is 4. The molecule has 1 aromatic rings. The van der Waals surface area contributed by atoms with Crippen LogP contribution in [-0.4, -0.2) is 77.0 Å². The van der Waals surface area contributed by atoms with Gasteiger partial charge in [0.2, 0.25) is 0 Å². The van der Waals surface area contributed by atoms with E-state index in [-0.39, 0.29) is 6.42 Å². The molecular weight excluding hydrogens is 347 g/mol. The van der Waals surface area contributed by atoms with Crippen molar-refractivity contribution in [1.82, 2.24) is 0 Å². The lowest BCUT2D eigenvalue weighted by Gasteiger charge is -2.45. The topological polar surface area (TPSA) is 188 Å². The maximum atomic E-state index is 10.3. The molecule has 1 aliphatic rings. The summed E-state index contributed by atoms with van der Waals surface area (Å²) in [6.45, 7) is -0.567. The summed E-state index contributed by atoms with van der Waals surface area (Å²) in [4.78, 5) is 21.6. The molecule has 10 nitrogen and oxygen atoms in total. The molecule has 0 spiro atoms. The molecular formula is C13H21O10P. The fraction of sp³-hybridized carbons (Fsp3) is 0.538. The largest absolute Gasteiger partial charge is 0.466 e. The lowest BCUT2D eigenvalue weighted by atomic mass is 9.89. The molecule has 8 N–H and O–H groups in total. The van der Waals surface area contributed by atoms with Crippen molar-refractivity contribution >= 4 is 7.82 Å². The van der Waals surface area contributed by atoms with Gasteiger partial charge in [0.05, 0.1) is 6.61 Å². The highest BCUT2D eigenvalue weighted by atomic mass is 31.2. The number of hydrogen-bond acceptors (Lipinski definition) is 7. The maximum Gasteiger partial charge on any atom is 0.466 e. The first kappa shape index (κ1) is 21.1. The van der Waals surface area contributed by atoms with Crippen LogP contribution in [0.5, 0.6) is 0 Å². The number of benzene rings is 1. The Kier molecular flexibility index (Phi) is 7.44. The normalized spacial score (nSPS) is 33.5. The van der Waals surface area contributed by atoms with E-state index in [1.54, 1.807) is 30.3 Å². The summed E-state index contributed by atoms with van der Waals surface area (Å²) in [7, 11) is -4.64. The van der Waals surface area contributed by atoms with E-state index in [2.05, 4.69) is 0 Å². The predicted molar refractivity (Wildman–Crippen MR) is 79.3 cm³/mol. The van der Waals surface area contributed by atoms with Crippen LogP contribution in [0.1, 0.15) is 5.56 Å². The highest BCUT2D eigenvalue weighted by Crippen LogP contribution is 2.31. The Morgan fingerprint density at radius 2 is 1.54 bits per heavy atom. The van der Waals surface area contributed by atoms with Gasteiger partial charge in [-0.1, -0.05) is 30.3 Å². The van der Waals surface area contributed by atoms with Crippen LogP contribution in [0.15, 0.2) is 30.3 Å². The van der Waals surface area contributed by atoms with Crippen molar-refractivity contribution in [3.8, 4) is 0 Å². The molecule has 24 heavy (non-hydrogen) atoms. The number of rotatable bonds is 3. The number of ether oxygens (including phenoxy) is 1. The van der Waals surface area contributed by atoms with E-state index in [9.17, 15) is 20.4 Å². The molecule has 0 aromatic heterocycles. The fourth-order valence-corrected chi connectivity index (χ4v) is 2.25. The van der Waals surface area contributed by atoms with Crippen molar-refractivity contribution in [2.75, 3.05) is 6.61 Å². The molecule has 0 aliphatic carbocycles. The number of hydrogen-bond donors (Lipinski definition) is 8. The van der Waals surface area contributed by atoms with E-state index in [0.29, 0.717) is 5.56 Å². The minimum absolute atomic E-state index is 0.0602. The van der Waals surface area contributed by atoms with Gasteiger partial charge in [-0.2, -0.15) is 0 Å². The van der Waals surface area contributed by atoms with Crippen molar-refractivity contribution in [1.29, 1.82) is 0 Å². The first-order valence-electron chi connectivity index (χ1n) is 6.85. The van der Waals surface area contributed by atoms with Gasteiger partial charge in [0.25, 0.3) is 0 Å². The fourth-order valence-electron chi connectivity index (χ4n) is 2.25. The smallest absolute Gasteiger partial charge is 0.394 e. The summed E-state index contributed by atoms with van der Waals surface area (Å²) in [5.41, 5.74) is 0.698. The SMILES string of the molecule is O=P(O)(O)O.OC[C@H]1O[C@](O)(Cc2ccccc2)[C@H](O)[C@@H](O)[C@@H]1O. The lowest BCUT2D eigenvalue weighted by Crippen LogP contribution is -2.65. The highest BCUT2D eigenvalue weighted by Gasteiger charge is 2.52. The molecule has 5 atom stereocenters. The van der Waals surface area contributed by atoms with Gasteiger partial charge in [-0.15, -0.1) is 0 Å². The Hall–Kier alpha value is -0.910. The van der Waals surface area contributed by atoms with Crippen molar-refractivity contribution in [3.05, 3.63) is 35.9 Å². The first-order chi connectivity index (χ1) is 11.0. The van der Waals surface area contributed by atoms with Crippen LogP contribution in [0, 0.1) is 0 Å². The van der Waals surface area contributed by atoms with Crippen molar-refractivity contribution in [3.63, 3.8) is 0 Å². The van der Waals surface area contributed by atoms with Gasteiger partial charge in [-0.25, -0.2) is 4.57 Å². The molecule has 0 unspecified atom stereocenters. The zero-order valence-electron chi connectivity index (χ0n) is 12.5. The zero-order chi connectivity index (χ0) is 18.5. The second-order valence-electron chi connectivity index (χ2n) is 5.29. The molecule has 0 bridgehead atoms. The van der Waals surface area contributed by atoms with Gasteiger partial charge in [-0.3, -0.25) is 0 Å². The van der Waals surface area contributed by atoms with Crippen LogP contribution in [0.25, 0.3) is 0 Å². The van der Waals surface area contributed by atoms with E-state index < -0.39 is 44.6 Å². The van der Waals surface area contributed by atoms with Crippen molar-refractivity contribution in [2.45, 2.75) is 36.6 Å². The number of aliphatic hydroxyl groups is 5. The van der Waals surface area contributed by atoms with Gasteiger partial charge in [0, 0.05) is 6.42 Å². The Balaban J connectivity index is 0.000000505. The van der Waals surface area contributed by atoms with Gasteiger partial charge < -0.3 is 44.9 Å². The third-order valence-corrected chi connectivity index (χ3v) is 3.35. The molecule has 11 heteroatoms. The number of phosphoric acid groups is 1. The minimum Gasteiger partial charge on any atom is -0.394 e. The summed E-state index contributed by atoms with van der Waals surface area (Å²) >= 11 is 0. The second kappa shape index (κ2) is 8.45. The van der Waals surface area contributed by atoms with Crippen LogP contribution in [0.3, 0.4) is 0 Å². The Bertz CT molecular complexity index is 539. The maximum absolute atomic E-state index is 10.3. The summed E-state index contributed by atoms with van der Waals surface area (Å²) in [6.07, 6.45) is -5.90. The van der Waals surface area contributed by atoms with Crippen LogP contribution < -0.4 is 0 Å². The van der Waals surface area contributed by atoms with E-state index in [1.807, 2.05) is 0 Å². The second-order valence-corrected chi connectivity index (χ2v) is 6.31. The minimum atomic E-state index is -4.64. The summed E-state index contributed by atoms with van der Waals surface area (Å²) in [6, 6.07) is 8.81. The summed E-state index contributed by atoms with van der Waals surface area (Å²) < 4.78 is 14.0. The first-order valence-corrected chi connectivity index (χ1v) is 8.42. The standard InChI is InChI=1S/C13H18O6.H3O4P/c14-7-9-10(15)11(16)12(17)13(18,19-9)6-8-4-2-1-3-5-8;1-5(2,3)4/h1-5,9-12,14-18H,6-7H2;(H3,1,2,3,4)/t9-,10-,11+,12-,13-;/m1./s1. The Morgan fingerprint density at radius 3 is 2.00 bits per heavy atom. The molecule has 0 radical (unpaired) electrons. The molecule has 2 rings (SSSR count). The van der Waals surface area contributed by atoms with E-state index in [4.69, 9.17) is 29.1 Å². The van der Waals surface area contributed by atoms with Gasteiger partial charge in [0.15, 0.2) is 5.79 Å². The molecule has 1 aliphatic heterocycles. The molecule has 1 fully saturated rings. The van der Waals surface area contributed by atoms with Crippen molar-refractivity contribution < 1.29 is 49.5 Å². The highest BCUT2D eigenvalue weighted by molar-refractivity contribution is 7.45. The average molecular weight is 368 g/mol. The molecule has 1 aromatic carbocycles. The van der Waals surface area contributed by atoms with E-state index in [1.165, 1.54) is 0 Å².